The van der Waals surface area contributed by atoms with Crippen molar-refractivity contribution in [1.82, 2.24) is 10.6 Å². The highest BCUT2D eigenvalue weighted by Gasteiger charge is 2.24. The van der Waals surface area contributed by atoms with Gasteiger partial charge in [0.2, 0.25) is 5.91 Å². The Labute approximate surface area is 97.2 Å². The van der Waals surface area contributed by atoms with Crippen LogP contribution in [-0.4, -0.2) is 36.2 Å². The maximum absolute atomic E-state index is 11.6. The SMILES string of the molecule is C[C@@H](O)CNC(=O)[C@H]1CCN[C@@H](C)C1.Cl. The molecule has 1 rings (SSSR count). The molecule has 0 aromatic carbocycles. The number of aliphatic hydroxyl groups is 1. The molecule has 1 aliphatic rings. The summed E-state index contributed by atoms with van der Waals surface area (Å²) >= 11 is 0. The maximum atomic E-state index is 11.6. The Morgan fingerprint density at radius 1 is 1.67 bits per heavy atom. The third-order valence-corrected chi connectivity index (χ3v) is 2.57. The molecule has 0 saturated carbocycles. The highest BCUT2D eigenvalue weighted by molar-refractivity contribution is 5.85. The summed E-state index contributed by atoms with van der Waals surface area (Å²) in [6.45, 7) is 5.03. The number of aliphatic hydroxyl groups excluding tert-OH is 1. The van der Waals surface area contributed by atoms with E-state index in [2.05, 4.69) is 17.6 Å². The Bertz CT molecular complexity index is 200. The maximum Gasteiger partial charge on any atom is 0.223 e. The molecule has 1 saturated heterocycles. The molecular formula is C10H21ClN2O2. The van der Waals surface area contributed by atoms with Crippen LogP contribution in [0, 0.1) is 5.92 Å². The largest absolute Gasteiger partial charge is 0.392 e. The minimum absolute atomic E-state index is 0. The van der Waals surface area contributed by atoms with E-state index in [1.807, 2.05) is 0 Å². The van der Waals surface area contributed by atoms with E-state index in [1.54, 1.807) is 6.92 Å². The molecule has 1 amide bonds. The number of carbonyl (C=O) groups excluding carboxylic acids is 1. The number of piperidine rings is 1. The summed E-state index contributed by atoms with van der Waals surface area (Å²) in [5, 5.41) is 15.1. The summed E-state index contributed by atoms with van der Waals surface area (Å²) in [4.78, 5) is 11.6. The van der Waals surface area contributed by atoms with Crippen LogP contribution in [0.5, 0.6) is 0 Å². The van der Waals surface area contributed by atoms with Crippen LogP contribution in [-0.2, 0) is 4.79 Å². The minimum atomic E-state index is -0.460. The van der Waals surface area contributed by atoms with Gasteiger partial charge in [-0.25, -0.2) is 0 Å². The summed E-state index contributed by atoms with van der Waals surface area (Å²) in [7, 11) is 0. The van der Waals surface area contributed by atoms with Crippen molar-refractivity contribution in [1.29, 1.82) is 0 Å². The number of rotatable bonds is 3. The Balaban J connectivity index is 0.00000196. The van der Waals surface area contributed by atoms with Crippen LogP contribution >= 0.6 is 12.4 Å². The summed E-state index contributed by atoms with van der Waals surface area (Å²) in [6.07, 6.45) is 1.33. The number of hydrogen-bond donors (Lipinski definition) is 3. The van der Waals surface area contributed by atoms with E-state index in [-0.39, 0.29) is 24.2 Å². The van der Waals surface area contributed by atoms with E-state index in [1.165, 1.54) is 0 Å². The predicted molar refractivity (Wildman–Crippen MR) is 62.1 cm³/mol. The van der Waals surface area contributed by atoms with Gasteiger partial charge in [-0.15, -0.1) is 12.4 Å². The zero-order chi connectivity index (χ0) is 10.6. The van der Waals surface area contributed by atoms with Crippen molar-refractivity contribution < 1.29 is 9.90 Å². The van der Waals surface area contributed by atoms with Crippen LogP contribution in [0.1, 0.15) is 26.7 Å². The second-order valence-electron chi connectivity index (χ2n) is 4.17. The van der Waals surface area contributed by atoms with Crippen LogP contribution in [0.15, 0.2) is 0 Å². The van der Waals surface area contributed by atoms with Crippen molar-refractivity contribution in [3.8, 4) is 0 Å². The molecule has 1 fully saturated rings. The fourth-order valence-electron chi connectivity index (χ4n) is 1.76. The molecule has 0 bridgehead atoms. The Kier molecular flexibility index (Phi) is 6.89. The van der Waals surface area contributed by atoms with Gasteiger partial charge in [0.1, 0.15) is 0 Å². The van der Waals surface area contributed by atoms with Crippen molar-refractivity contribution in [2.45, 2.75) is 38.8 Å². The molecule has 15 heavy (non-hydrogen) atoms. The Hall–Kier alpha value is -0.320. The van der Waals surface area contributed by atoms with Gasteiger partial charge in [0.15, 0.2) is 0 Å². The fraction of sp³-hybridized carbons (Fsp3) is 0.900. The van der Waals surface area contributed by atoms with Gasteiger partial charge in [0.25, 0.3) is 0 Å². The normalized spacial score (nSPS) is 27.7. The van der Waals surface area contributed by atoms with Gasteiger partial charge in [-0.1, -0.05) is 0 Å². The Morgan fingerprint density at radius 2 is 2.33 bits per heavy atom. The molecule has 0 aromatic heterocycles. The zero-order valence-electron chi connectivity index (χ0n) is 9.32. The molecule has 3 N–H and O–H groups in total. The number of nitrogens with one attached hydrogen (secondary N) is 2. The molecule has 0 radical (unpaired) electrons. The van der Waals surface area contributed by atoms with E-state index < -0.39 is 6.10 Å². The molecule has 1 aliphatic heterocycles. The second-order valence-corrected chi connectivity index (χ2v) is 4.17. The Morgan fingerprint density at radius 3 is 2.87 bits per heavy atom. The average Bonchev–Trinajstić information content (AvgIpc) is 2.14. The number of hydrogen-bond acceptors (Lipinski definition) is 3. The molecule has 0 aromatic rings. The van der Waals surface area contributed by atoms with Gasteiger partial charge in [0, 0.05) is 18.5 Å². The molecule has 5 heteroatoms. The topological polar surface area (TPSA) is 61.4 Å². The van der Waals surface area contributed by atoms with E-state index in [0.717, 1.165) is 19.4 Å². The highest BCUT2D eigenvalue weighted by atomic mass is 35.5. The van der Waals surface area contributed by atoms with Crippen molar-refractivity contribution >= 4 is 18.3 Å². The standard InChI is InChI=1S/C10H20N2O2.ClH/c1-7-5-9(3-4-11-7)10(14)12-6-8(2)13;/h7-9,11,13H,3-6H2,1-2H3,(H,12,14);1H/t7-,8+,9-;/m0./s1. The molecule has 90 valence electrons. The van der Waals surface area contributed by atoms with Crippen molar-refractivity contribution in [2.24, 2.45) is 5.92 Å². The first-order valence-electron chi connectivity index (χ1n) is 5.28. The van der Waals surface area contributed by atoms with E-state index in [9.17, 15) is 4.79 Å². The van der Waals surface area contributed by atoms with Crippen LogP contribution in [0.4, 0.5) is 0 Å². The molecule has 0 spiro atoms. The molecule has 0 aliphatic carbocycles. The van der Waals surface area contributed by atoms with Crippen molar-refractivity contribution in [3.05, 3.63) is 0 Å². The van der Waals surface area contributed by atoms with Gasteiger partial charge in [0.05, 0.1) is 6.10 Å². The third-order valence-electron chi connectivity index (χ3n) is 2.57. The zero-order valence-corrected chi connectivity index (χ0v) is 10.1. The van der Waals surface area contributed by atoms with Gasteiger partial charge < -0.3 is 15.7 Å². The fourth-order valence-corrected chi connectivity index (χ4v) is 1.76. The van der Waals surface area contributed by atoms with Gasteiger partial charge in [-0.2, -0.15) is 0 Å². The summed E-state index contributed by atoms with van der Waals surface area (Å²) in [6, 6.07) is 0.422. The van der Waals surface area contributed by atoms with Crippen molar-refractivity contribution in [2.75, 3.05) is 13.1 Å². The monoisotopic (exact) mass is 236 g/mol. The van der Waals surface area contributed by atoms with Crippen LogP contribution in [0.3, 0.4) is 0 Å². The lowest BCUT2D eigenvalue weighted by molar-refractivity contribution is -0.126. The number of halogens is 1. The smallest absolute Gasteiger partial charge is 0.223 e. The number of carbonyl (C=O) groups is 1. The second kappa shape index (κ2) is 7.04. The van der Waals surface area contributed by atoms with E-state index in [4.69, 9.17) is 5.11 Å². The van der Waals surface area contributed by atoms with Gasteiger partial charge in [-0.05, 0) is 33.2 Å². The quantitative estimate of drug-likeness (QED) is 0.660. The first-order chi connectivity index (χ1) is 6.59. The van der Waals surface area contributed by atoms with Crippen molar-refractivity contribution in [3.63, 3.8) is 0 Å². The summed E-state index contributed by atoms with van der Waals surface area (Å²) in [5.74, 6) is 0.198. The molecule has 3 atom stereocenters. The molecule has 1 heterocycles. The molecular weight excluding hydrogens is 216 g/mol. The first-order valence-corrected chi connectivity index (χ1v) is 5.28. The van der Waals surface area contributed by atoms with E-state index >= 15 is 0 Å². The van der Waals surface area contributed by atoms with Gasteiger partial charge in [-0.3, -0.25) is 4.79 Å². The lowest BCUT2D eigenvalue weighted by Gasteiger charge is -2.27. The number of amides is 1. The van der Waals surface area contributed by atoms with Gasteiger partial charge >= 0.3 is 0 Å². The van der Waals surface area contributed by atoms with E-state index in [0.29, 0.717) is 12.6 Å². The molecule has 4 nitrogen and oxygen atoms in total. The summed E-state index contributed by atoms with van der Waals surface area (Å²) in [5.41, 5.74) is 0. The van der Waals surface area contributed by atoms with Crippen LogP contribution < -0.4 is 10.6 Å². The van der Waals surface area contributed by atoms with Crippen LogP contribution in [0.25, 0.3) is 0 Å². The third kappa shape index (κ3) is 5.35. The lowest BCUT2D eigenvalue weighted by Crippen LogP contribution is -2.43. The minimum Gasteiger partial charge on any atom is -0.392 e. The lowest BCUT2D eigenvalue weighted by atomic mass is 9.92. The van der Waals surface area contributed by atoms with Crippen LogP contribution in [0.2, 0.25) is 0 Å². The summed E-state index contributed by atoms with van der Waals surface area (Å²) < 4.78 is 0. The average molecular weight is 237 g/mol. The molecule has 0 unspecified atom stereocenters. The predicted octanol–water partition coefficient (Wildman–Crippen LogP) is 0.293. The first kappa shape index (κ1) is 14.7. The highest BCUT2D eigenvalue weighted by Crippen LogP contribution is 2.15.